The molecule has 22 heavy (non-hydrogen) atoms. The Balaban J connectivity index is 1.62. The summed E-state index contributed by atoms with van der Waals surface area (Å²) >= 11 is 0. The van der Waals surface area contributed by atoms with Crippen molar-refractivity contribution < 1.29 is 0 Å². The van der Waals surface area contributed by atoms with Gasteiger partial charge in [-0.1, -0.05) is 37.3 Å². The van der Waals surface area contributed by atoms with E-state index < -0.39 is 0 Å². The Labute approximate surface area is 134 Å². The van der Waals surface area contributed by atoms with E-state index >= 15 is 0 Å². The fourth-order valence-electron chi connectivity index (χ4n) is 3.45. The number of hydrogen-bond acceptors (Lipinski definition) is 2. The molecule has 0 amide bonds. The molecule has 3 rings (SSSR count). The van der Waals surface area contributed by atoms with E-state index in [1.165, 1.54) is 43.7 Å². The van der Waals surface area contributed by atoms with E-state index in [0.29, 0.717) is 5.92 Å². The summed E-state index contributed by atoms with van der Waals surface area (Å²) in [6.45, 7) is 5.86. The van der Waals surface area contributed by atoms with Crippen molar-refractivity contribution in [2.24, 2.45) is 5.92 Å². The molecule has 118 valence electrons. The van der Waals surface area contributed by atoms with Crippen molar-refractivity contribution in [3.05, 3.63) is 54.1 Å². The van der Waals surface area contributed by atoms with Crippen LogP contribution in [0.5, 0.6) is 0 Å². The molecular weight excluding hydrogens is 270 g/mol. The summed E-state index contributed by atoms with van der Waals surface area (Å²) in [5.74, 6) is 2.42. The van der Waals surface area contributed by atoms with Crippen LogP contribution in [0.3, 0.4) is 0 Å². The molecule has 0 bridgehead atoms. The maximum absolute atomic E-state index is 4.62. The SMILES string of the molecule is C[C@@H](c1ccccc1)c1nccn1CCC1CCN(C)CC1. The van der Waals surface area contributed by atoms with Gasteiger partial charge in [0.05, 0.1) is 0 Å². The van der Waals surface area contributed by atoms with Crippen LogP contribution in [0.25, 0.3) is 0 Å². The molecule has 1 atom stereocenters. The van der Waals surface area contributed by atoms with Gasteiger partial charge in [0.2, 0.25) is 0 Å². The van der Waals surface area contributed by atoms with Crippen molar-refractivity contribution in [3.8, 4) is 0 Å². The smallest absolute Gasteiger partial charge is 0.115 e. The molecule has 0 N–H and O–H groups in total. The lowest BCUT2D eigenvalue weighted by Crippen LogP contribution is -2.30. The number of benzene rings is 1. The first kappa shape index (κ1) is 15.3. The quantitative estimate of drug-likeness (QED) is 0.837. The zero-order valence-corrected chi connectivity index (χ0v) is 13.8. The number of aryl methyl sites for hydroxylation is 1. The first-order valence-corrected chi connectivity index (χ1v) is 8.48. The number of piperidine rings is 1. The van der Waals surface area contributed by atoms with E-state index in [1.54, 1.807) is 0 Å². The highest BCUT2D eigenvalue weighted by atomic mass is 15.1. The monoisotopic (exact) mass is 297 g/mol. The molecule has 1 fully saturated rings. The molecule has 1 aromatic carbocycles. The third-order valence-corrected chi connectivity index (χ3v) is 5.05. The van der Waals surface area contributed by atoms with Crippen LogP contribution in [0.2, 0.25) is 0 Å². The lowest BCUT2D eigenvalue weighted by Gasteiger charge is -2.29. The van der Waals surface area contributed by atoms with Crippen LogP contribution in [0.1, 0.15) is 43.5 Å². The van der Waals surface area contributed by atoms with Crippen LogP contribution in [0.4, 0.5) is 0 Å². The zero-order chi connectivity index (χ0) is 15.4. The van der Waals surface area contributed by atoms with Crippen molar-refractivity contribution in [1.82, 2.24) is 14.5 Å². The molecule has 0 unspecified atom stereocenters. The van der Waals surface area contributed by atoms with Gasteiger partial charge in [0, 0.05) is 24.9 Å². The van der Waals surface area contributed by atoms with Gasteiger partial charge < -0.3 is 9.47 Å². The van der Waals surface area contributed by atoms with Crippen molar-refractivity contribution in [2.45, 2.75) is 38.6 Å². The van der Waals surface area contributed by atoms with Gasteiger partial charge in [-0.05, 0) is 50.9 Å². The number of imidazole rings is 1. The molecule has 1 aliphatic heterocycles. The predicted molar refractivity (Wildman–Crippen MR) is 91.0 cm³/mol. The van der Waals surface area contributed by atoms with E-state index in [-0.39, 0.29) is 0 Å². The van der Waals surface area contributed by atoms with E-state index in [4.69, 9.17) is 0 Å². The molecule has 2 heterocycles. The second kappa shape index (κ2) is 7.10. The molecule has 3 nitrogen and oxygen atoms in total. The van der Waals surface area contributed by atoms with Crippen molar-refractivity contribution in [3.63, 3.8) is 0 Å². The average molecular weight is 297 g/mol. The summed E-state index contributed by atoms with van der Waals surface area (Å²) in [4.78, 5) is 7.06. The number of hydrogen-bond donors (Lipinski definition) is 0. The van der Waals surface area contributed by atoms with Crippen molar-refractivity contribution in [1.29, 1.82) is 0 Å². The first-order chi connectivity index (χ1) is 10.7. The van der Waals surface area contributed by atoms with Crippen molar-refractivity contribution >= 4 is 0 Å². The Hall–Kier alpha value is -1.61. The molecule has 3 heteroatoms. The molecule has 1 saturated heterocycles. The van der Waals surface area contributed by atoms with Gasteiger partial charge in [-0.2, -0.15) is 0 Å². The molecule has 0 aliphatic carbocycles. The maximum Gasteiger partial charge on any atom is 0.115 e. The van der Waals surface area contributed by atoms with Gasteiger partial charge in [0.15, 0.2) is 0 Å². The normalized spacial score (nSPS) is 18.5. The minimum Gasteiger partial charge on any atom is -0.334 e. The Bertz CT molecular complexity index is 567. The maximum atomic E-state index is 4.62. The second-order valence-electron chi connectivity index (χ2n) is 6.65. The van der Waals surface area contributed by atoms with Crippen LogP contribution in [-0.4, -0.2) is 34.6 Å². The third-order valence-electron chi connectivity index (χ3n) is 5.05. The third kappa shape index (κ3) is 3.58. The average Bonchev–Trinajstić information content (AvgIpc) is 3.03. The predicted octanol–water partition coefficient (Wildman–Crippen LogP) is 3.77. The Morgan fingerprint density at radius 1 is 1.18 bits per heavy atom. The summed E-state index contributed by atoms with van der Waals surface area (Å²) in [6, 6.07) is 10.7. The van der Waals surface area contributed by atoms with E-state index in [9.17, 15) is 0 Å². The van der Waals surface area contributed by atoms with Crippen molar-refractivity contribution in [2.75, 3.05) is 20.1 Å². The number of nitrogens with zero attached hydrogens (tertiary/aromatic N) is 3. The highest BCUT2D eigenvalue weighted by molar-refractivity contribution is 5.24. The minimum absolute atomic E-state index is 0.355. The molecule has 0 spiro atoms. The van der Waals surface area contributed by atoms with Crippen LogP contribution < -0.4 is 0 Å². The molecule has 2 aromatic rings. The Kier molecular flexibility index (Phi) is 4.94. The second-order valence-corrected chi connectivity index (χ2v) is 6.65. The molecule has 1 aromatic heterocycles. The first-order valence-electron chi connectivity index (χ1n) is 8.48. The topological polar surface area (TPSA) is 21.1 Å². The molecule has 1 aliphatic rings. The van der Waals surface area contributed by atoms with Crippen LogP contribution in [0, 0.1) is 5.92 Å². The number of likely N-dealkylation sites (tertiary alicyclic amines) is 1. The summed E-state index contributed by atoms with van der Waals surface area (Å²) in [5, 5.41) is 0. The van der Waals surface area contributed by atoms with E-state index in [2.05, 4.69) is 65.0 Å². The standard InChI is InChI=1S/C19H27N3/c1-16(18-6-4-3-5-7-18)19-20-11-15-22(19)14-10-17-8-12-21(2)13-9-17/h3-7,11,15-17H,8-10,12-14H2,1-2H3/t16-/m0/s1. The molecule has 0 saturated carbocycles. The Morgan fingerprint density at radius 2 is 1.91 bits per heavy atom. The molecular formula is C19H27N3. The summed E-state index contributed by atoms with van der Waals surface area (Å²) < 4.78 is 2.36. The minimum atomic E-state index is 0.355. The van der Waals surface area contributed by atoms with E-state index in [1.807, 2.05) is 6.20 Å². The number of rotatable bonds is 5. The van der Waals surface area contributed by atoms with Crippen LogP contribution in [0.15, 0.2) is 42.7 Å². The summed E-state index contributed by atoms with van der Waals surface area (Å²) in [5.41, 5.74) is 1.34. The fourth-order valence-corrected chi connectivity index (χ4v) is 3.45. The van der Waals surface area contributed by atoms with Gasteiger partial charge in [0.25, 0.3) is 0 Å². The summed E-state index contributed by atoms with van der Waals surface area (Å²) in [6.07, 6.45) is 8.05. The highest BCUT2D eigenvalue weighted by Gasteiger charge is 2.18. The lowest BCUT2D eigenvalue weighted by atomic mass is 9.93. The van der Waals surface area contributed by atoms with Crippen LogP contribution in [-0.2, 0) is 6.54 Å². The zero-order valence-electron chi connectivity index (χ0n) is 13.8. The highest BCUT2D eigenvalue weighted by Crippen LogP contribution is 2.24. The molecule has 0 radical (unpaired) electrons. The van der Waals surface area contributed by atoms with Gasteiger partial charge in [-0.25, -0.2) is 4.98 Å². The number of aromatic nitrogens is 2. The Morgan fingerprint density at radius 3 is 2.64 bits per heavy atom. The fraction of sp³-hybridized carbons (Fsp3) is 0.526. The largest absolute Gasteiger partial charge is 0.334 e. The van der Waals surface area contributed by atoms with Gasteiger partial charge >= 0.3 is 0 Å². The van der Waals surface area contributed by atoms with Crippen LogP contribution >= 0.6 is 0 Å². The summed E-state index contributed by atoms with van der Waals surface area (Å²) in [7, 11) is 2.23. The lowest BCUT2D eigenvalue weighted by molar-refractivity contribution is 0.207. The van der Waals surface area contributed by atoms with Gasteiger partial charge in [-0.3, -0.25) is 0 Å². The van der Waals surface area contributed by atoms with Gasteiger partial charge in [0.1, 0.15) is 5.82 Å². The van der Waals surface area contributed by atoms with Gasteiger partial charge in [-0.15, -0.1) is 0 Å². The van der Waals surface area contributed by atoms with E-state index in [0.717, 1.165) is 12.5 Å².